The molecule has 2 N–H and O–H groups in total. The number of hydrogen-bond acceptors (Lipinski definition) is 6. The van der Waals surface area contributed by atoms with Crippen LogP contribution in [0.2, 0.25) is 0 Å². The minimum absolute atomic E-state index is 0.188. The summed E-state index contributed by atoms with van der Waals surface area (Å²) in [5, 5.41) is 22.9. The molecule has 8 nitrogen and oxygen atoms in total. The number of aryl methyl sites for hydroxylation is 1. The fourth-order valence-electron chi connectivity index (χ4n) is 3.05. The average molecular weight is 373 g/mol. The van der Waals surface area contributed by atoms with Crippen LogP contribution in [-0.4, -0.2) is 32.2 Å². The number of rotatable bonds is 5. The minimum atomic E-state index is -0.188. The van der Waals surface area contributed by atoms with Crippen LogP contribution < -0.4 is 10.3 Å². The number of aromatic nitrogens is 4. The fraction of sp³-hybridized carbons (Fsp3) is 0.150. The lowest BCUT2D eigenvalue weighted by Gasteiger charge is -2.12. The van der Waals surface area contributed by atoms with Crippen molar-refractivity contribution in [3.63, 3.8) is 0 Å². The zero-order valence-electron chi connectivity index (χ0n) is 15.5. The van der Waals surface area contributed by atoms with Crippen LogP contribution in [0, 0.1) is 0 Å². The number of aromatic amines is 1. The first kappa shape index (κ1) is 17.6. The summed E-state index contributed by atoms with van der Waals surface area (Å²) >= 11 is 0. The number of nitrogens with one attached hydrogen (secondary N) is 2. The molecule has 0 fully saturated rings. The lowest BCUT2D eigenvalue weighted by molar-refractivity contribution is -0.114. The molecule has 1 aromatic heterocycles. The third kappa shape index (κ3) is 3.27. The molecule has 3 aromatic rings. The Morgan fingerprint density at radius 2 is 2.04 bits per heavy atom. The summed E-state index contributed by atoms with van der Waals surface area (Å²) in [5.74, 6) is 0.342. The molecule has 28 heavy (non-hydrogen) atoms. The van der Waals surface area contributed by atoms with E-state index in [1.165, 1.54) is 10.6 Å². The highest BCUT2D eigenvalue weighted by molar-refractivity contribution is 6.29. The maximum Gasteiger partial charge on any atom is 0.282 e. The number of tetrazole rings is 1. The number of anilines is 2. The SMILES string of the molecule is CCc1ccccc1N/C=C1\C(=O)N(c2cccc(-c3nnn[nH]3)c2)N=C1C. The Balaban J connectivity index is 1.59. The van der Waals surface area contributed by atoms with Crippen molar-refractivity contribution in [2.45, 2.75) is 20.3 Å². The number of hydrazone groups is 1. The highest BCUT2D eigenvalue weighted by atomic mass is 16.2. The Labute approximate surface area is 162 Å². The van der Waals surface area contributed by atoms with Gasteiger partial charge in [-0.2, -0.15) is 10.1 Å². The molecular formula is C20H19N7O. The van der Waals surface area contributed by atoms with Crippen LogP contribution in [-0.2, 0) is 11.2 Å². The smallest absolute Gasteiger partial charge is 0.282 e. The average Bonchev–Trinajstić information content (AvgIpc) is 3.36. The molecule has 140 valence electrons. The second-order valence-electron chi connectivity index (χ2n) is 6.32. The number of amides is 1. The molecule has 0 atom stereocenters. The zero-order chi connectivity index (χ0) is 19.5. The van der Waals surface area contributed by atoms with Gasteiger partial charge >= 0.3 is 0 Å². The van der Waals surface area contributed by atoms with Crippen molar-refractivity contribution in [3.05, 3.63) is 65.9 Å². The third-order valence-electron chi connectivity index (χ3n) is 4.54. The quantitative estimate of drug-likeness (QED) is 0.669. The van der Waals surface area contributed by atoms with Crippen LogP contribution in [0.1, 0.15) is 19.4 Å². The Hall–Kier alpha value is -3.81. The number of hydrogen-bond donors (Lipinski definition) is 2. The second-order valence-corrected chi connectivity index (χ2v) is 6.32. The lowest BCUT2D eigenvalue weighted by atomic mass is 10.1. The van der Waals surface area contributed by atoms with E-state index in [2.05, 4.69) is 44.0 Å². The number of carbonyl (C=O) groups is 1. The largest absolute Gasteiger partial charge is 0.361 e. The Kier molecular flexibility index (Phi) is 4.67. The van der Waals surface area contributed by atoms with Gasteiger partial charge in [-0.05, 0) is 47.5 Å². The number of benzene rings is 2. The minimum Gasteiger partial charge on any atom is -0.361 e. The summed E-state index contributed by atoms with van der Waals surface area (Å²) in [5.41, 5.74) is 4.77. The fourth-order valence-corrected chi connectivity index (χ4v) is 3.05. The van der Waals surface area contributed by atoms with Gasteiger partial charge in [-0.3, -0.25) is 4.79 Å². The molecule has 0 aliphatic carbocycles. The van der Waals surface area contributed by atoms with E-state index in [4.69, 9.17) is 0 Å². The monoisotopic (exact) mass is 373 g/mol. The van der Waals surface area contributed by atoms with Gasteiger partial charge in [-0.15, -0.1) is 5.10 Å². The van der Waals surface area contributed by atoms with Gasteiger partial charge in [0.1, 0.15) is 0 Å². The molecule has 2 heterocycles. The Morgan fingerprint density at radius 1 is 1.18 bits per heavy atom. The van der Waals surface area contributed by atoms with E-state index in [9.17, 15) is 4.79 Å². The summed E-state index contributed by atoms with van der Waals surface area (Å²) in [6.45, 7) is 3.92. The second kappa shape index (κ2) is 7.43. The van der Waals surface area contributed by atoms with Crippen molar-refractivity contribution in [2.24, 2.45) is 5.10 Å². The van der Waals surface area contributed by atoms with E-state index in [1.54, 1.807) is 6.20 Å². The van der Waals surface area contributed by atoms with Crippen LogP contribution in [0.3, 0.4) is 0 Å². The van der Waals surface area contributed by atoms with Crippen LogP contribution >= 0.6 is 0 Å². The van der Waals surface area contributed by atoms with Crippen LogP contribution in [0.5, 0.6) is 0 Å². The molecular weight excluding hydrogens is 354 g/mol. The maximum atomic E-state index is 12.9. The van der Waals surface area contributed by atoms with E-state index in [1.807, 2.05) is 49.4 Å². The van der Waals surface area contributed by atoms with Crippen LogP contribution in [0.15, 0.2) is 65.4 Å². The van der Waals surface area contributed by atoms with E-state index < -0.39 is 0 Å². The number of carbonyl (C=O) groups excluding carboxylic acids is 1. The number of H-pyrrole nitrogens is 1. The first-order valence-corrected chi connectivity index (χ1v) is 8.96. The van der Waals surface area contributed by atoms with E-state index in [-0.39, 0.29) is 5.91 Å². The first-order chi connectivity index (χ1) is 13.7. The number of para-hydroxylation sites is 1. The molecule has 0 saturated heterocycles. The predicted molar refractivity (Wildman–Crippen MR) is 108 cm³/mol. The van der Waals surface area contributed by atoms with Crippen LogP contribution in [0.4, 0.5) is 11.4 Å². The van der Waals surface area contributed by atoms with Crippen LogP contribution in [0.25, 0.3) is 11.4 Å². The third-order valence-corrected chi connectivity index (χ3v) is 4.54. The predicted octanol–water partition coefficient (Wildman–Crippen LogP) is 3.15. The van der Waals surface area contributed by atoms with Crippen molar-refractivity contribution in [2.75, 3.05) is 10.3 Å². The molecule has 1 aliphatic heterocycles. The molecule has 8 heteroatoms. The molecule has 4 rings (SSSR count). The molecule has 2 aromatic carbocycles. The Morgan fingerprint density at radius 3 is 2.82 bits per heavy atom. The first-order valence-electron chi connectivity index (χ1n) is 8.96. The van der Waals surface area contributed by atoms with Crippen molar-refractivity contribution in [1.82, 2.24) is 20.6 Å². The zero-order valence-corrected chi connectivity index (χ0v) is 15.5. The molecule has 0 unspecified atom stereocenters. The highest BCUT2D eigenvalue weighted by Crippen LogP contribution is 2.27. The van der Waals surface area contributed by atoms with Gasteiger partial charge in [-0.1, -0.05) is 37.3 Å². The molecule has 0 spiro atoms. The van der Waals surface area contributed by atoms with Gasteiger partial charge in [0.2, 0.25) is 0 Å². The maximum absolute atomic E-state index is 12.9. The molecule has 0 radical (unpaired) electrons. The van der Waals surface area contributed by atoms with Crippen molar-refractivity contribution in [1.29, 1.82) is 0 Å². The molecule has 0 saturated carbocycles. The van der Waals surface area contributed by atoms with Crippen molar-refractivity contribution in [3.8, 4) is 11.4 Å². The topological polar surface area (TPSA) is 99.2 Å². The standard InChI is InChI=1S/C20H19N7O/c1-3-14-7-4-5-10-18(14)21-12-17-13(2)24-27(20(17)28)16-9-6-8-15(11-16)19-22-25-26-23-19/h4-12,21H,3H2,1-2H3,(H,22,23,25,26)/b17-12-. The Bertz CT molecular complexity index is 1070. The summed E-state index contributed by atoms with van der Waals surface area (Å²) in [6.07, 6.45) is 2.63. The molecule has 1 amide bonds. The van der Waals surface area contributed by atoms with Gasteiger partial charge in [-0.25, -0.2) is 5.10 Å². The van der Waals surface area contributed by atoms with E-state index >= 15 is 0 Å². The van der Waals surface area contributed by atoms with Gasteiger partial charge in [0, 0.05) is 17.5 Å². The number of nitrogens with zero attached hydrogens (tertiary/aromatic N) is 5. The van der Waals surface area contributed by atoms with E-state index in [0.29, 0.717) is 22.8 Å². The summed E-state index contributed by atoms with van der Waals surface area (Å²) in [7, 11) is 0. The summed E-state index contributed by atoms with van der Waals surface area (Å²) < 4.78 is 0. The van der Waals surface area contributed by atoms with Crippen molar-refractivity contribution < 1.29 is 4.79 Å². The summed E-state index contributed by atoms with van der Waals surface area (Å²) in [6, 6.07) is 15.4. The van der Waals surface area contributed by atoms with Crippen molar-refractivity contribution >= 4 is 23.0 Å². The van der Waals surface area contributed by atoms with E-state index in [0.717, 1.165) is 17.7 Å². The molecule has 0 bridgehead atoms. The van der Waals surface area contributed by atoms with Gasteiger partial charge < -0.3 is 5.32 Å². The summed E-state index contributed by atoms with van der Waals surface area (Å²) in [4.78, 5) is 12.9. The lowest BCUT2D eigenvalue weighted by Crippen LogP contribution is -2.21. The molecule has 1 aliphatic rings. The normalized spacial score (nSPS) is 15.2. The van der Waals surface area contributed by atoms with Gasteiger partial charge in [0.15, 0.2) is 5.82 Å². The highest BCUT2D eigenvalue weighted by Gasteiger charge is 2.29. The van der Waals surface area contributed by atoms with Gasteiger partial charge in [0.05, 0.1) is 17.0 Å². The van der Waals surface area contributed by atoms with Gasteiger partial charge in [0.25, 0.3) is 5.91 Å².